The Morgan fingerprint density at radius 1 is 1.56 bits per heavy atom. The van der Waals surface area contributed by atoms with Crippen molar-refractivity contribution in [3.63, 3.8) is 0 Å². The van der Waals surface area contributed by atoms with E-state index >= 15 is 0 Å². The first-order valence-electron chi connectivity index (χ1n) is 5.45. The molecule has 2 heterocycles. The molecule has 2 aromatic rings. The van der Waals surface area contributed by atoms with Crippen molar-refractivity contribution in [2.75, 3.05) is 0 Å². The van der Waals surface area contributed by atoms with E-state index in [0.717, 1.165) is 13.0 Å². The van der Waals surface area contributed by atoms with E-state index in [1.807, 2.05) is 6.92 Å². The molecule has 0 aromatic carbocycles. The van der Waals surface area contributed by atoms with Gasteiger partial charge in [0.2, 0.25) is 0 Å². The number of hydrogen-bond donors (Lipinski definition) is 1. The molecule has 0 saturated carbocycles. The molecule has 7 heteroatoms. The largest absolute Gasteiger partial charge is 0.477 e. The first-order chi connectivity index (χ1) is 8.69. The number of aryl methyl sites for hydroxylation is 1. The number of nitrogens with zero attached hydrogens (tertiary/aromatic N) is 4. The summed E-state index contributed by atoms with van der Waals surface area (Å²) in [6, 6.07) is 1.29. The molecule has 0 saturated heterocycles. The fraction of sp³-hybridized carbons (Fsp3) is 0.273. The van der Waals surface area contributed by atoms with Crippen molar-refractivity contribution in [3.05, 3.63) is 30.4 Å². The Morgan fingerprint density at radius 3 is 3.11 bits per heavy atom. The molecule has 0 aliphatic heterocycles. The summed E-state index contributed by atoms with van der Waals surface area (Å²) in [6.07, 6.45) is 5.54. The van der Waals surface area contributed by atoms with Crippen molar-refractivity contribution < 1.29 is 14.6 Å². The number of rotatable bonds is 5. The summed E-state index contributed by atoms with van der Waals surface area (Å²) < 4.78 is 7.06. The van der Waals surface area contributed by atoms with Gasteiger partial charge < -0.3 is 9.84 Å². The second-order valence-corrected chi connectivity index (χ2v) is 3.57. The molecule has 0 radical (unpaired) electrons. The highest BCUT2D eigenvalue weighted by atomic mass is 16.5. The lowest BCUT2D eigenvalue weighted by Gasteiger charge is -2.00. The topological polar surface area (TPSA) is 90.1 Å². The van der Waals surface area contributed by atoms with Crippen LogP contribution in [-0.2, 0) is 6.54 Å². The lowest BCUT2D eigenvalue weighted by molar-refractivity contribution is 0.0689. The van der Waals surface area contributed by atoms with Crippen LogP contribution in [0.3, 0.4) is 0 Å². The van der Waals surface area contributed by atoms with E-state index in [2.05, 4.69) is 15.1 Å². The van der Waals surface area contributed by atoms with E-state index in [4.69, 9.17) is 9.84 Å². The third kappa shape index (κ3) is 2.82. The average molecular weight is 248 g/mol. The number of carboxylic acids is 1. The SMILES string of the molecule is CCCn1cc(Oc2nccc(C(=O)O)n2)cn1. The minimum absolute atomic E-state index is 0.00838. The minimum atomic E-state index is -1.12. The third-order valence-electron chi connectivity index (χ3n) is 2.12. The molecular weight excluding hydrogens is 236 g/mol. The van der Waals surface area contributed by atoms with Gasteiger partial charge in [-0.25, -0.2) is 9.78 Å². The van der Waals surface area contributed by atoms with E-state index < -0.39 is 5.97 Å². The average Bonchev–Trinajstić information content (AvgIpc) is 2.77. The summed E-state index contributed by atoms with van der Waals surface area (Å²) in [5.41, 5.74) is -0.110. The van der Waals surface area contributed by atoms with Crippen LogP contribution in [0.4, 0.5) is 0 Å². The third-order valence-corrected chi connectivity index (χ3v) is 2.12. The summed E-state index contributed by atoms with van der Waals surface area (Å²) in [7, 11) is 0. The van der Waals surface area contributed by atoms with Gasteiger partial charge in [-0.3, -0.25) is 4.68 Å². The fourth-order valence-electron chi connectivity index (χ4n) is 1.36. The van der Waals surface area contributed by atoms with Crippen LogP contribution in [0.15, 0.2) is 24.7 Å². The van der Waals surface area contributed by atoms with Crippen LogP contribution in [0.25, 0.3) is 0 Å². The fourth-order valence-corrected chi connectivity index (χ4v) is 1.36. The Hall–Kier alpha value is -2.44. The van der Waals surface area contributed by atoms with Crippen molar-refractivity contribution in [1.29, 1.82) is 0 Å². The Morgan fingerprint density at radius 2 is 2.39 bits per heavy atom. The van der Waals surface area contributed by atoms with Crippen LogP contribution in [0.2, 0.25) is 0 Å². The van der Waals surface area contributed by atoms with Crippen LogP contribution in [-0.4, -0.2) is 30.8 Å². The maximum Gasteiger partial charge on any atom is 0.354 e. The standard InChI is InChI=1S/C11H12N4O3/c1-2-5-15-7-8(6-13-15)18-11-12-4-3-9(14-11)10(16)17/h3-4,6-7H,2,5H2,1H3,(H,16,17). The van der Waals surface area contributed by atoms with E-state index in [1.54, 1.807) is 10.9 Å². The van der Waals surface area contributed by atoms with Gasteiger partial charge in [-0.2, -0.15) is 10.1 Å². The van der Waals surface area contributed by atoms with E-state index in [-0.39, 0.29) is 11.7 Å². The highest BCUT2D eigenvalue weighted by molar-refractivity contribution is 5.85. The van der Waals surface area contributed by atoms with Gasteiger partial charge in [0.1, 0.15) is 0 Å². The van der Waals surface area contributed by atoms with Crippen LogP contribution in [0.5, 0.6) is 11.8 Å². The van der Waals surface area contributed by atoms with Gasteiger partial charge in [-0.15, -0.1) is 0 Å². The van der Waals surface area contributed by atoms with Gasteiger partial charge >= 0.3 is 12.0 Å². The van der Waals surface area contributed by atoms with Crippen molar-refractivity contribution in [2.45, 2.75) is 19.9 Å². The molecule has 0 spiro atoms. The van der Waals surface area contributed by atoms with Crippen LogP contribution in [0.1, 0.15) is 23.8 Å². The Balaban J connectivity index is 2.12. The number of aromatic carboxylic acids is 1. The monoisotopic (exact) mass is 248 g/mol. The van der Waals surface area contributed by atoms with Crippen LogP contribution >= 0.6 is 0 Å². The Labute approximate surface area is 103 Å². The molecule has 7 nitrogen and oxygen atoms in total. The second kappa shape index (κ2) is 5.26. The summed E-state index contributed by atoms with van der Waals surface area (Å²) in [5, 5.41) is 12.9. The molecule has 0 aliphatic carbocycles. The highest BCUT2D eigenvalue weighted by Crippen LogP contribution is 2.16. The number of ether oxygens (including phenoxy) is 1. The van der Waals surface area contributed by atoms with Gasteiger partial charge in [0.15, 0.2) is 11.4 Å². The summed E-state index contributed by atoms with van der Waals surface area (Å²) in [6.45, 7) is 2.83. The summed E-state index contributed by atoms with van der Waals surface area (Å²) >= 11 is 0. The molecule has 0 amide bonds. The molecule has 0 fully saturated rings. The van der Waals surface area contributed by atoms with Crippen LogP contribution < -0.4 is 4.74 Å². The highest BCUT2D eigenvalue weighted by Gasteiger charge is 2.08. The van der Waals surface area contributed by atoms with Gasteiger partial charge in [0.05, 0.1) is 12.4 Å². The quantitative estimate of drug-likeness (QED) is 0.863. The van der Waals surface area contributed by atoms with Gasteiger partial charge in [0, 0.05) is 12.7 Å². The molecule has 0 unspecified atom stereocenters. The number of carbonyl (C=O) groups is 1. The maximum absolute atomic E-state index is 10.7. The lowest BCUT2D eigenvalue weighted by Crippen LogP contribution is -2.02. The molecule has 94 valence electrons. The lowest BCUT2D eigenvalue weighted by atomic mass is 10.4. The summed E-state index contributed by atoms with van der Waals surface area (Å²) in [4.78, 5) is 18.3. The van der Waals surface area contributed by atoms with E-state index in [9.17, 15) is 4.79 Å². The van der Waals surface area contributed by atoms with Gasteiger partial charge in [-0.05, 0) is 12.5 Å². The first-order valence-corrected chi connectivity index (χ1v) is 5.45. The first kappa shape index (κ1) is 12.0. The van der Waals surface area contributed by atoms with Gasteiger partial charge in [-0.1, -0.05) is 6.92 Å². The second-order valence-electron chi connectivity index (χ2n) is 3.57. The van der Waals surface area contributed by atoms with Gasteiger partial charge in [0.25, 0.3) is 0 Å². The Kier molecular flexibility index (Phi) is 3.52. The number of aromatic nitrogens is 4. The molecule has 0 atom stereocenters. The zero-order chi connectivity index (χ0) is 13.0. The van der Waals surface area contributed by atoms with E-state index in [0.29, 0.717) is 5.75 Å². The molecule has 0 bridgehead atoms. The molecular formula is C11H12N4O3. The normalized spacial score (nSPS) is 10.3. The van der Waals surface area contributed by atoms with Crippen molar-refractivity contribution >= 4 is 5.97 Å². The number of hydrogen-bond acceptors (Lipinski definition) is 5. The molecule has 2 rings (SSSR count). The molecule has 1 N–H and O–H groups in total. The minimum Gasteiger partial charge on any atom is -0.477 e. The maximum atomic E-state index is 10.7. The predicted molar refractivity (Wildman–Crippen MR) is 61.6 cm³/mol. The van der Waals surface area contributed by atoms with Crippen molar-refractivity contribution in [1.82, 2.24) is 19.7 Å². The molecule has 18 heavy (non-hydrogen) atoms. The van der Waals surface area contributed by atoms with E-state index in [1.165, 1.54) is 18.5 Å². The predicted octanol–water partition coefficient (Wildman–Crippen LogP) is 1.57. The van der Waals surface area contributed by atoms with Crippen molar-refractivity contribution in [3.8, 4) is 11.8 Å². The van der Waals surface area contributed by atoms with Crippen molar-refractivity contribution in [2.24, 2.45) is 0 Å². The molecule has 0 aliphatic rings. The smallest absolute Gasteiger partial charge is 0.354 e. The van der Waals surface area contributed by atoms with Crippen LogP contribution in [0, 0.1) is 0 Å². The Bertz CT molecular complexity index is 553. The molecule has 2 aromatic heterocycles. The summed E-state index contributed by atoms with van der Waals surface area (Å²) in [5.74, 6) is -0.644. The number of carboxylic acid groups (broad SMARTS) is 1. The zero-order valence-corrected chi connectivity index (χ0v) is 9.78. The zero-order valence-electron chi connectivity index (χ0n) is 9.78.